The van der Waals surface area contributed by atoms with Crippen molar-refractivity contribution >= 4 is 0 Å². The lowest BCUT2D eigenvalue weighted by Crippen LogP contribution is -2.46. The van der Waals surface area contributed by atoms with Crippen LogP contribution in [0.5, 0.6) is 0 Å². The van der Waals surface area contributed by atoms with E-state index in [0.717, 1.165) is 11.8 Å². The Hall–Kier alpha value is -0.260. The van der Waals surface area contributed by atoms with Crippen LogP contribution in [-0.2, 0) is 0 Å². The third-order valence-corrected chi connectivity index (χ3v) is 3.49. The molecular formula is C10H15. The van der Waals surface area contributed by atoms with Crippen molar-refractivity contribution in [3.8, 4) is 0 Å². The van der Waals surface area contributed by atoms with Crippen LogP contribution in [0.2, 0.25) is 0 Å². The maximum Gasteiger partial charge on any atom is -0.0174 e. The van der Waals surface area contributed by atoms with Crippen molar-refractivity contribution in [1.82, 2.24) is 0 Å². The number of rotatable bonds is 0. The minimum absolute atomic E-state index is 0.598. The van der Waals surface area contributed by atoms with Crippen molar-refractivity contribution in [1.29, 1.82) is 0 Å². The predicted molar refractivity (Wildman–Crippen MR) is 43.4 cm³/mol. The Morgan fingerprint density at radius 2 is 2.30 bits per heavy atom. The van der Waals surface area contributed by atoms with Crippen molar-refractivity contribution in [3.05, 3.63) is 18.6 Å². The highest BCUT2D eigenvalue weighted by atomic mass is 14.5. The van der Waals surface area contributed by atoms with Crippen molar-refractivity contribution in [2.24, 2.45) is 17.3 Å². The van der Waals surface area contributed by atoms with Gasteiger partial charge in [0.25, 0.3) is 0 Å². The Morgan fingerprint density at radius 1 is 1.60 bits per heavy atom. The zero-order chi connectivity index (χ0) is 7.35. The van der Waals surface area contributed by atoms with Crippen molar-refractivity contribution in [3.63, 3.8) is 0 Å². The second kappa shape index (κ2) is 1.66. The number of hydrogen-bond acceptors (Lipinski definition) is 0. The van der Waals surface area contributed by atoms with Gasteiger partial charge in [-0.25, -0.2) is 0 Å². The molecule has 1 radical (unpaired) electrons. The molecule has 0 amide bonds. The summed E-state index contributed by atoms with van der Waals surface area (Å²) < 4.78 is 0. The van der Waals surface area contributed by atoms with E-state index >= 15 is 0 Å². The maximum absolute atomic E-state index is 4.00. The first-order valence-corrected chi connectivity index (χ1v) is 4.13. The van der Waals surface area contributed by atoms with Crippen LogP contribution >= 0.6 is 0 Å². The van der Waals surface area contributed by atoms with Crippen LogP contribution in [0.4, 0.5) is 0 Å². The summed E-state index contributed by atoms with van der Waals surface area (Å²) in [4.78, 5) is 0. The quantitative estimate of drug-likeness (QED) is 0.479. The normalized spacial score (nSPS) is 42.1. The zero-order valence-corrected chi connectivity index (χ0v) is 6.85. The SMILES string of the molecule is [CH2]C1=CC2CC(C1)C2(C)C. The molecule has 0 heterocycles. The smallest absolute Gasteiger partial charge is 0.0174 e. The van der Waals surface area contributed by atoms with Crippen LogP contribution in [0, 0.1) is 24.2 Å². The van der Waals surface area contributed by atoms with Gasteiger partial charge in [0.05, 0.1) is 0 Å². The van der Waals surface area contributed by atoms with Gasteiger partial charge in [-0.15, -0.1) is 0 Å². The van der Waals surface area contributed by atoms with Gasteiger partial charge in [0.1, 0.15) is 0 Å². The lowest BCUT2D eigenvalue weighted by molar-refractivity contribution is 0.000325. The van der Waals surface area contributed by atoms with Gasteiger partial charge in [0.2, 0.25) is 0 Å². The fourth-order valence-corrected chi connectivity index (χ4v) is 2.35. The van der Waals surface area contributed by atoms with E-state index in [1.165, 1.54) is 18.4 Å². The third kappa shape index (κ3) is 0.624. The van der Waals surface area contributed by atoms with Crippen molar-refractivity contribution in [2.75, 3.05) is 0 Å². The van der Waals surface area contributed by atoms with E-state index < -0.39 is 0 Å². The lowest BCUT2D eigenvalue weighted by atomic mass is 9.50. The van der Waals surface area contributed by atoms with Gasteiger partial charge < -0.3 is 0 Å². The highest BCUT2D eigenvalue weighted by Gasteiger charge is 2.48. The molecule has 2 atom stereocenters. The van der Waals surface area contributed by atoms with Crippen LogP contribution < -0.4 is 0 Å². The van der Waals surface area contributed by atoms with E-state index in [0.29, 0.717) is 5.41 Å². The first kappa shape index (κ1) is 6.45. The summed E-state index contributed by atoms with van der Waals surface area (Å²) in [6.45, 7) is 8.77. The monoisotopic (exact) mass is 135 g/mol. The number of hydrogen-bond donors (Lipinski definition) is 0. The minimum atomic E-state index is 0.598. The van der Waals surface area contributed by atoms with Crippen LogP contribution in [0.3, 0.4) is 0 Å². The zero-order valence-electron chi connectivity index (χ0n) is 6.85. The van der Waals surface area contributed by atoms with E-state index in [4.69, 9.17) is 0 Å². The molecule has 0 spiro atoms. The summed E-state index contributed by atoms with van der Waals surface area (Å²) in [5.41, 5.74) is 1.97. The van der Waals surface area contributed by atoms with Crippen molar-refractivity contribution in [2.45, 2.75) is 26.7 Å². The highest BCUT2D eigenvalue weighted by molar-refractivity contribution is 5.22. The summed E-state index contributed by atoms with van der Waals surface area (Å²) >= 11 is 0. The van der Waals surface area contributed by atoms with Crippen molar-refractivity contribution < 1.29 is 0 Å². The summed E-state index contributed by atoms with van der Waals surface area (Å²) in [5, 5.41) is 0. The molecule has 0 nitrogen and oxygen atoms in total. The second-order valence-electron chi connectivity index (χ2n) is 4.39. The topological polar surface area (TPSA) is 0 Å². The van der Waals surface area contributed by atoms with Gasteiger partial charge in [0, 0.05) is 0 Å². The molecular weight excluding hydrogens is 120 g/mol. The van der Waals surface area contributed by atoms with E-state index in [-0.39, 0.29) is 0 Å². The average molecular weight is 135 g/mol. The molecule has 3 aliphatic rings. The molecule has 0 aromatic heterocycles. The largest absolute Gasteiger partial charge is 0.0816 e. The molecule has 55 valence electrons. The van der Waals surface area contributed by atoms with E-state index in [9.17, 15) is 0 Å². The standard InChI is InChI=1S/C10H15/c1-7-4-8-6-9(5-7)10(8,2)3/h4,8-9H,1,5-6H2,2-3H3. The Balaban J connectivity index is 2.26. The van der Waals surface area contributed by atoms with E-state index in [2.05, 4.69) is 26.8 Å². The van der Waals surface area contributed by atoms with Gasteiger partial charge in [-0.3, -0.25) is 0 Å². The maximum atomic E-state index is 4.00. The molecule has 0 aromatic carbocycles. The second-order valence-corrected chi connectivity index (χ2v) is 4.39. The molecule has 0 heteroatoms. The molecule has 10 heavy (non-hydrogen) atoms. The molecule has 0 saturated heterocycles. The summed E-state index contributed by atoms with van der Waals surface area (Å²) in [5.74, 6) is 1.79. The summed E-state index contributed by atoms with van der Waals surface area (Å²) in [7, 11) is 0. The van der Waals surface area contributed by atoms with E-state index in [1.54, 1.807) is 0 Å². The molecule has 3 aliphatic carbocycles. The molecule has 2 bridgehead atoms. The Kier molecular flexibility index (Phi) is 1.07. The van der Waals surface area contributed by atoms with Crippen LogP contribution in [0.25, 0.3) is 0 Å². The summed E-state index contributed by atoms with van der Waals surface area (Å²) in [6, 6.07) is 0. The minimum Gasteiger partial charge on any atom is -0.0816 e. The first-order valence-electron chi connectivity index (χ1n) is 4.13. The molecule has 1 fully saturated rings. The van der Waals surface area contributed by atoms with Gasteiger partial charge >= 0.3 is 0 Å². The van der Waals surface area contributed by atoms with Gasteiger partial charge in [-0.2, -0.15) is 0 Å². The first-order chi connectivity index (χ1) is 4.60. The number of fused-ring (bicyclic) bond motifs is 1. The molecule has 3 rings (SSSR count). The fraction of sp³-hybridized carbons (Fsp3) is 0.700. The van der Waals surface area contributed by atoms with Gasteiger partial charge in [0.15, 0.2) is 0 Å². The lowest BCUT2D eigenvalue weighted by Gasteiger charge is -2.55. The Labute approximate surface area is 63.3 Å². The molecule has 0 aromatic rings. The van der Waals surface area contributed by atoms with Gasteiger partial charge in [-0.05, 0) is 37.0 Å². The Morgan fingerprint density at radius 3 is 2.60 bits per heavy atom. The van der Waals surface area contributed by atoms with Crippen LogP contribution in [-0.4, -0.2) is 0 Å². The molecule has 1 saturated carbocycles. The van der Waals surface area contributed by atoms with Gasteiger partial charge in [-0.1, -0.05) is 25.5 Å². The molecule has 0 N–H and O–H groups in total. The fourth-order valence-electron chi connectivity index (χ4n) is 2.35. The van der Waals surface area contributed by atoms with Crippen LogP contribution in [0.15, 0.2) is 11.6 Å². The third-order valence-electron chi connectivity index (χ3n) is 3.49. The average Bonchev–Trinajstić information content (AvgIpc) is 1.87. The molecule has 2 unspecified atom stereocenters. The number of allylic oxidation sites excluding steroid dienone is 2. The Bertz CT molecular complexity index is 186. The van der Waals surface area contributed by atoms with Crippen LogP contribution in [0.1, 0.15) is 26.7 Å². The predicted octanol–water partition coefficient (Wildman–Crippen LogP) is 2.81. The summed E-state index contributed by atoms with van der Waals surface area (Å²) in [6.07, 6.45) is 5.05. The van der Waals surface area contributed by atoms with E-state index in [1.807, 2.05) is 0 Å². The highest BCUT2D eigenvalue weighted by Crippen LogP contribution is 2.57. The molecule has 0 aliphatic heterocycles.